The topological polar surface area (TPSA) is 113 Å². The van der Waals surface area contributed by atoms with Crippen molar-refractivity contribution in [1.82, 2.24) is 9.97 Å². The first-order valence-corrected chi connectivity index (χ1v) is 6.84. The Bertz CT molecular complexity index is 719. The molecule has 1 heterocycles. The summed E-state index contributed by atoms with van der Waals surface area (Å²) in [4.78, 5) is 8.00. The van der Waals surface area contributed by atoms with E-state index in [9.17, 15) is 4.57 Å². The van der Waals surface area contributed by atoms with E-state index in [1.807, 2.05) is 30.3 Å². The van der Waals surface area contributed by atoms with E-state index in [4.69, 9.17) is 20.9 Å². The quantitative estimate of drug-likeness (QED) is 0.640. The standard InChI is InChI=1S/C13H13N4O3P/c14-11-10(9-4-2-1-3-5-9)12(17-13(15)16-11)20-7-6-19-8-21-18/h1-5H,6-7H2,(H4,14,15,16,17). The summed E-state index contributed by atoms with van der Waals surface area (Å²) < 4.78 is 20.5. The Hall–Kier alpha value is -2.33. The predicted molar refractivity (Wildman–Crippen MR) is 79.2 cm³/mol. The Kier molecular flexibility index (Phi) is 5.35. The first-order valence-electron chi connectivity index (χ1n) is 6.02. The third kappa shape index (κ3) is 4.07. The number of hydrogen-bond donors (Lipinski definition) is 2. The molecule has 0 fully saturated rings. The molecule has 2 aromatic rings. The van der Waals surface area contributed by atoms with Gasteiger partial charge in [-0.1, -0.05) is 0 Å². The van der Waals surface area contributed by atoms with Gasteiger partial charge in [0.2, 0.25) is 0 Å². The fourth-order valence-electron chi connectivity index (χ4n) is 1.71. The molecule has 21 heavy (non-hydrogen) atoms. The zero-order valence-corrected chi connectivity index (χ0v) is 11.9. The zero-order chi connectivity index (χ0) is 15.1. The fraction of sp³-hybridized carbons (Fsp3) is 0.154. The molecule has 0 aliphatic carbocycles. The number of anilines is 2. The van der Waals surface area contributed by atoms with E-state index in [1.165, 1.54) is 0 Å². The molecule has 0 aliphatic rings. The van der Waals surface area contributed by atoms with Gasteiger partial charge < -0.3 is 0 Å². The summed E-state index contributed by atoms with van der Waals surface area (Å²) in [5, 5.41) is 0. The molecule has 4 N–H and O–H groups in total. The van der Waals surface area contributed by atoms with Gasteiger partial charge in [-0.3, -0.25) is 0 Å². The number of benzene rings is 1. The van der Waals surface area contributed by atoms with E-state index in [2.05, 4.69) is 15.8 Å². The number of hydrogen-bond acceptors (Lipinski definition) is 7. The second-order valence-corrected chi connectivity index (χ2v) is 4.26. The zero-order valence-electron chi connectivity index (χ0n) is 11.0. The Balaban J connectivity index is 2.26. The molecule has 0 atom stereocenters. The molecule has 0 amide bonds. The van der Waals surface area contributed by atoms with Crippen LogP contribution in [0.3, 0.4) is 0 Å². The summed E-state index contributed by atoms with van der Waals surface area (Å²) in [5.74, 6) is 2.69. The van der Waals surface area contributed by atoms with E-state index in [-0.39, 0.29) is 38.8 Å². The molecule has 2 rings (SSSR count). The van der Waals surface area contributed by atoms with Gasteiger partial charge in [-0.15, -0.1) is 0 Å². The monoisotopic (exact) mass is 304 g/mol. The first kappa shape index (κ1) is 15.1. The number of nitrogens with two attached hydrogens (primary N) is 2. The van der Waals surface area contributed by atoms with Crippen LogP contribution in [0.15, 0.2) is 30.3 Å². The van der Waals surface area contributed by atoms with Crippen LogP contribution in [0.25, 0.3) is 11.1 Å². The Morgan fingerprint density at radius 1 is 1.14 bits per heavy atom. The average Bonchev–Trinajstić information content (AvgIpc) is 2.47. The van der Waals surface area contributed by atoms with Crippen molar-refractivity contribution >= 4 is 19.7 Å². The van der Waals surface area contributed by atoms with Gasteiger partial charge in [-0.2, -0.15) is 0 Å². The summed E-state index contributed by atoms with van der Waals surface area (Å²) in [6, 6.07) is 9.36. The van der Waals surface area contributed by atoms with Gasteiger partial charge in [0.25, 0.3) is 0 Å². The van der Waals surface area contributed by atoms with Gasteiger partial charge in [0.05, 0.1) is 0 Å². The van der Waals surface area contributed by atoms with E-state index in [1.54, 1.807) is 0 Å². The van der Waals surface area contributed by atoms with Gasteiger partial charge in [-0.25, -0.2) is 0 Å². The van der Waals surface area contributed by atoms with Crippen LogP contribution in [0, 0.1) is 5.81 Å². The van der Waals surface area contributed by atoms with Crippen LogP contribution in [0.5, 0.6) is 5.88 Å². The molecule has 0 aliphatic heterocycles. The molecule has 0 saturated heterocycles. The van der Waals surface area contributed by atoms with E-state index in [0.29, 0.717) is 5.56 Å². The SMILES string of the molecule is Nc1nc(N)c(-c2ccccc2)c(OCCOC#P=O)n1. The van der Waals surface area contributed by atoms with Gasteiger partial charge in [0.15, 0.2) is 0 Å². The Morgan fingerprint density at radius 3 is 2.62 bits per heavy atom. The second-order valence-electron chi connectivity index (χ2n) is 3.89. The summed E-state index contributed by atoms with van der Waals surface area (Å²) in [6.45, 7) is 0.353. The van der Waals surface area contributed by atoms with Gasteiger partial charge >= 0.3 is 122 Å². The third-order valence-corrected chi connectivity index (χ3v) is 2.71. The molecule has 8 heteroatoms. The van der Waals surface area contributed by atoms with Crippen molar-refractivity contribution < 1.29 is 14.0 Å². The van der Waals surface area contributed by atoms with Gasteiger partial charge in [0, 0.05) is 0 Å². The number of nitrogens with zero attached hydrogens (tertiary/aromatic N) is 2. The first-order chi connectivity index (χ1) is 10.2. The van der Waals surface area contributed by atoms with Crippen LogP contribution in [0.1, 0.15) is 0 Å². The maximum atomic E-state index is 10.1. The Morgan fingerprint density at radius 2 is 1.90 bits per heavy atom. The summed E-state index contributed by atoms with van der Waals surface area (Å²) in [6.07, 6.45) is 0. The molecule has 1 aromatic heterocycles. The average molecular weight is 304 g/mol. The van der Waals surface area contributed by atoms with Crippen LogP contribution in [0.4, 0.5) is 11.8 Å². The Labute approximate surface area is 122 Å². The fourth-order valence-corrected chi connectivity index (χ4v) is 1.85. The normalized spacial score (nSPS) is 9.90. The molecule has 7 nitrogen and oxygen atoms in total. The van der Waals surface area contributed by atoms with Crippen molar-refractivity contribution in [2.75, 3.05) is 24.7 Å². The van der Waals surface area contributed by atoms with Crippen LogP contribution in [-0.4, -0.2) is 23.2 Å². The van der Waals surface area contributed by atoms with Crippen molar-refractivity contribution in [2.24, 2.45) is 0 Å². The molecule has 0 unspecified atom stereocenters. The predicted octanol–water partition coefficient (Wildman–Crippen LogP) is 1.91. The number of rotatable bonds is 5. The van der Waals surface area contributed by atoms with Crippen molar-refractivity contribution in [1.29, 1.82) is 0 Å². The van der Waals surface area contributed by atoms with Gasteiger partial charge in [0.1, 0.15) is 0 Å². The summed E-state index contributed by atoms with van der Waals surface area (Å²) >= 11 is 0. The van der Waals surface area contributed by atoms with Gasteiger partial charge in [-0.05, 0) is 0 Å². The second kappa shape index (κ2) is 7.45. The van der Waals surface area contributed by atoms with Crippen molar-refractivity contribution in [3.05, 3.63) is 30.3 Å². The van der Waals surface area contributed by atoms with Crippen LogP contribution < -0.4 is 16.2 Å². The van der Waals surface area contributed by atoms with Crippen LogP contribution in [0.2, 0.25) is 0 Å². The molecule has 108 valence electrons. The molecule has 1 aromatic carbocycles. The van der Waals surface area contributed by atoms with Crippen molar-refractivity contribution in [2.45, 2.75) is 0 Å². The molecular formula is C13H13N4O3P. The molecule has 0 saturated carbocycles. The molecule has 0 bridgehead atoms. The summed E-state index contributed by atoms with van der Waals surface area (Å²) in [5.41, 5.74) is 12.9. The number of ether oxygens (including phenoxy) is 2. The molecule has 0 radical (unpaired) electrons. The number of nitrogen functional groups attached to an aromatic ring is 2. The van der Waals surface area contributed by atoms with Crippen molar-refractivity contribution in [3.8, 4) is 22.8 Å². The van der Waals surface area contributed by atoms with E-state index < -0.39 is 0 Å². The minimum absolute atomic E-state index is 0.0271. The maximum absolute atomic E-state index is 10.1. The summed E-state index contributed by atoms with van der Waals surface area (Å²) in [7, 11) is -0.314. The van der Waals surface area contributed by atoms with Crippen LogP contribution in [-0.2, 0) is 9.30 Å². The molecular weight excluding hydrogens is 291 g/mol. The molecule has 0 spiro atoms. The van der Waals surface area contributed by atoms with E-state index in [0.717, 1.165) is 5.56 Å². The van der Waals surface area contributed by atoms with E-state index >= 15 is 0 Å². The van der Waals surface area contributed by atoms with Crippen LogP contribution >= 0.6 is 7.92 Å². The van der Waals surface area contributed by atoms with Crippen molar-refractivity contribution in [3.63, 3.8) is 0 Å². The minimum atomic E-state index is -0.314. The third-order valence-electron chi connectivity index (χ3n) is 2.51. The number of aromatic nitrogens is 2.